The summed E-state index contributed by atoms with van der Waals surface area (Å²) in [5, 5.41) is 11.8. The number of benzene rings is 1. The standard InChI is InChI=1S/C21H22FN7O3/c1-21(2)13-27(19(30)16-8-5-9-17(23-16)32-3)10-11-28(21)20(31)18-24-26-29(25-18)15-7-4-6-14(22)12-15/h4-9,12H,10-11,13H2,1-3H3. The first-order valence-corrected chi connectivity index (χ1v) is 9.97. The van der Waals surface area contributed by atoms with Gasteiger partial charge in [0, 0.05) is 31.8 Å². The summed E-state index contributed by atoms with van der Waals surface area (Å²) in [4.78, 5) is 34.6. The molecule has 1 aliphatic heterocycles. The summed E-state index contributed by atoms with van der Waals surface area (Å²) < 4.78 is 18.6. The minimum Gasteiger partial charge on any atom is -0.481 e. The Hall–Kier alpha value is -3.89. The van der Waals surface area contributed by atoms with Crippen molar-refractivity contribution in [2.75, 3.05) is 26.7 Å². The van der Waals surface area contributed by atoms with Crippen LogP contribution in [-0.4, -0.2) is 79.1 Å². The fraction of sp³-hybridized carbons (Fsp3) is 0.333. The van der Waals surface area contributed by atoms with E-state index in [2.05, 4.69) is 20.4 Å². The smallest absolute Gasteiger partial charge is 0.296 e. The van der Waals surface area contributed by atoms with E-state index in [1.54, 1.807) is 34.1 Å². The Bertz CT molecular complexity index is 1160. The van der Waals surface area contributed by atoms with Crippen LogP contribution in [0, 0.1) is 5.82 Å². The molecule has 0 saturated carbocycles. The Morgan fingerprint density at radius 1 is 1.09 bits per heavy atom. The van der Waals surface area contributed by atoms with Gasteiger partial charge in [-0.1, -0.05) is 12.1 Å². The van der Waals surface area contributed by atoms with Crippen molar-refractivity contribution < 1.29 is 18.7 Å². The minimum absolute atomic E-state index is 0.100. The van der Waals surface area contributed by atoms with Crippen LogP contribution in [-0.2, 0) is 0 Å². The van der Waals surface area contributed by atoms with Crippen LogP contribution in [0.2, 0.25) is 0 Å². The molecule has 2 amide bonds. The molecule has 2 aromatic heterocycles. The lowest BCUT2D eigenvalue weighted by atomic mass is 9.98. The van der Waals surface area contributed by atoms with Gasteiger partial charge >= 0.3 is 0 Å². The van der Waals surface area contributed by atoms with Gasteiger partial charge in [0.2, 0.25) is 5.88 Å². The number of ether oxygens (including phenoxy) is 1. The van der Waals surface area contributed by atoms with Crippen molar-refractivity contribution in [2.45, 2.75) is 19.4 Å². The summed E-state index contributed by atoms with van der Waals surface area (Å²) >= 11 is 0. The molecule has 3 aromatic rings. The molecular formula is C21H22FN7O3. The SMILES string of the molecule is COc1cccc(C(=O)N2CCN(C(=O)c3nnn(-c4cccc(F)c4)n3)C(C)(C)C2)n1. The van der Waals surface area contributed by atoms with Crippen LogP contribution in [0.15, 0.2) is 42.5 Å². The zero-order chi connectivity index (χ0) is 22.9. The highest BCUT2D eigenvalue weighted by Crippen LogP contribution is 2.24. The van der Waals surface area contributed by atoms with E-state index in [0.717, 1.165) is 4.80 Å². The predicted molar refractivity (Wildman–Crippen MR) is 111 cm³/mol. The normalized spacial score (nSPS) is 15.5. The Labute approximate surface area is 183 Å². The number of aromatic nitrogens is 5. The van der Waals surface area contributed by atoms with Gasteiger partial charge in [0.25, 0.3) is 17.6 Å². The summed E-state index contributed by atoms with van der Waals surface area (Å²) in [6.45, 7) is 4.64. The molecule has 1 fully saturated rings. The Balaban J connectivity index is 1.49. The molecule has 1 aliphatic rings. The Morgan fingerprint density at radius 2 is 1.88 bits per heavy atom. The third-order valence-electron chi connectivity index (χ3n) is 5.23. The third-order valence-corrected chi connectivity index (χ3v) is 5.23. The molecule has 0 spiro atoms. The van der Waals surface area contributed by atoms with E-state index >= 15 is 0 Å². The van der Waals surface area contributed by atoms with Crippen LogP contribution in [0.4, 0.5) is 4.39 Å². The second kappa shape index (κ2) is 8.33. The van der Waals surface area contributed by atoms with Gasteiger partial charge in [-0.05, 0) is 37.3 Å². The molecule has 0 aliphatic carbocycles. The van der Waals surface area contributed by atoms with E-state index in [9.17, 15) is 14.0 Å². The number of piperazine rings is 1. The summed E-state index contributed by atoms with van der Waals surface area (Å²) in [6, 6.07) is 10.7. The van der Waals surface area contributed by atoms with Crippen molar-refractivity contribution >= 4 is 11.8 Å². The molecule has 0 radical (unpaired) electrons. The van der Waals surface area contributed by atoms with Gasteiger partial charge in [-0.3, -0.25) is 9.59 Å². The molecule has 11 heteroatoms. The predicted octanol–water partition coefficient (Wildman–Crippen LogP) is 1.58. The molecule has 10 nitrogen and oxygen atoms in total. The molecule has 0 atom stereocenters. The lowest BCUT2D eigenvalue weighted by molar-refractivity contribution is 0.0158. The molecular weight excluding hydrogens is 417 g/mol. The zero-order valence-electron chi connectivity index (χ0n) is 17.9. The molecule has 0 unspecified atom stereocenters. The molecule has 4 rings (SSSR count). The van der Waals surface area contributed by atoms with E-state index in [-0.39, 0.29) is 24.0 Å². The summed E-state index contributed by atoms with van der Waals surface area (Å²) in [5.41, 5.74) is -0.0506. The first kappa shape index (κ1) is 21.3. The van der Waals surface area contributed by atoms with Crippen LogP contribution in [0.25, 0.3) is 5.69 Å². The highest BCUT2D eigenvalue weighted by molar-refractivity contribution is 5.94. The van der Waals surface area contributed by atoms with Crippen LogP contribution < -0.4 is 4.74 Å². The number of hydrogen-bond donors (Lipinski definition) is 0. The van der Waals surface area contributed by atoms with Gasteiger partial charge in [-0.15, -0.1) is 15.0 Å². The van der Waals surface area contributed by atoms with Crippen LogP contribution in [0.5, 0.6) is 5.88 Å². The van der Waals surface area contributed by atoms with E-state index < -0.39 is 17.3 Å². The number of rotatable bonds is 4. The molecule has 1 aromatic carbocycles. The van der Waals surface area contributed by atoms with Crippen LogP contribution in [0.1, 0.15) is 35.0 Å². The van der Waals surface area contributed by atoms with Crippen molar-refractivity contribution in [3.8, 4) is 11.6 Å². The fourth-order valence-electron chi connectivity index (χ4n) is 3.64. The molecule has 0 bridgehead atoms. The number of carbonyl (C=O) groups is 2. The second-order valence-electron chi connectivity index (χ2n) is 7.94. The van der Waals surface area contributed by atoms with Crippen molar-refractivity contribution in [1.82, 2.24) is 35.0 Å². The highest BCUT2D eigenvalue weighted by Gasteiger charge is 2.40. The van der Waals surface area contributed by atoms with Crippen molar-refractivity contribution in [3.05, 3.63) is 59.8 Å². The largest absolute Gasteiger partial charge is 0.481 e. The Morgan fingerprint density at radius 3 is 2.59 bits per heavy atom. The first-order valence-electron chi connectivity index (χ1n) is 9.97. The van der Waals surface area contributed by atoms with E-state index in [0.29, 0.717) is 24.7 Å². The van der Waals surface area contributed by atoms with E-state index in [4.69, 9.17) is 4.74 Å². The minimum atomic E-state index is -0.686. The third kappa shape index (κ3) is 4.13. The van der Waals surface area contributed by atoms with E-state index in [1.165, 1.54) is 25.3 Å². The zero-order valence-corrected chi connectivity index (χ0v) is 17.9. The molecule has 3 heterocycles. The highest BCUT2D eigenvalue weighted by atomic mass is 19.1. The number of pyridine rings is 1. The summed E-state index contributed by atoms with van der Waals surface area (Å²) in [5.74, 6) is -0.836. The average molecular weight is 439 g/mol. The quantitative estimate of drug-likeness (QED) is 0.608. The first-order chi connectivity index (χ1) is 15.3. The number of methoxy groups -OCH3 is 1. The fourth-order valence-corrected chi connectivity index (χ4v) is 3.64. The number of carbonyl (C=O) groups excluding carboxylic acids is 2. The number of halogens is 1. The van der Waals surface area contributed by atoms with Gasteiger partial charge in [-0.25, -0.2) is 9.37 Å². The molecule has 32 heavy (non-hydrogen) atoms. The van der Waals surface area contributed by atoms with Gasteiger partial charge in [0.1, 0.15) is 11.5 Å². The molecule has 0 N–H and O–H groups in total. The number of hydrogen-bond acceptors (Lipinski definition) is 7. The van der Waals surface area contributed by atoms with Crippen molar-refractivity contribution in [1.29, 1.82) is 0 Å². The van der Waals surface area contributed by atoms with Gasteiger partial charge in [-0.2, -0.15) is 0 Å². The number of amides is 2. The molecule has 1 saturated heterocycles. The number of nitrogens with zero attached hydrogens (tertiary/aromatic N) is 7. The topological polar surface area (TPSA) is 106 Å². The Kier molecular flexibility index (Phi) is 5.56. The lowest BCUT2D eigenvalue weighted by Gasteiger charge is -2.46. The summed E-state index contributed by atoms with van der Waals surface area (Å²) in [7, 11) is 1.49. The van der Waals surface area contributed by atoms with Crippen LogP contribution >= 0.6 is 0 Å². The van der Waals surface area contributed by atoms with Gasteiger partial charge in [0.05, 0.1) is 18.3 Å². The van der Waals surface area contributed by atoms with Crippen LogP contribution in [0.3, 0.4) is 0 Å². The van der Waals surface area contributed by atoms with E-state index in [1.807, 2.05) is 13.8 Å². The average Bonchev–Trinajstić information content (AvgIpc) is 3.28. The maximum atomic E-state index is 13.5. The second-order valence-corrected chi connectivity index (χ2v) is 7.94. The van der Waals surface area contributed by atoms with Crippen molar-refractivity contribution in [3.63, 3.8) is 0 Å². The lowest BCUT2D eigenvalue weighted by Crippen LogP contribution is -2.62. The molecule has 166 valence electrons. The monoisotopic (exact) mass is 439 g/mol. The van der Waals surface area contributed by atoms with Gasteiger partial charge in [0.15, 0.2) is 0 Å². The summed E-state index contributed by atoms with van der Waals surface area (Å²) in [6.07, 6.45) is 0. The van der Waals surface area contributed by atoms with Crippen molar-refractivity contribution in [2.24, 2.45) is 0 Å². The maximum absolute atomic E-state index is 13.5. The maximum Gasteiger partial charge on any atom is 0.296 e. The number of tetrazole rings is 1. The van der Waals surface area contributed by atoms with Gasteiger partial charge < -0.3 is 14.5 Å².